The van der Waals surface area contributed by atoms with Gasteiger partial charge >= 0.3 is 0 Å². The number of nitrogens with one attached hydrogen (secondary N) is 3. The molecular weight excluding hydrogens is 378 g/mol. The number of fused-ring (bicyclic) bond motifs is 1. The van der Waals surface area contributed by atoms with Crippen molar-refractivity contribution in [2.24, 2.45) is 0 Å². The van der Waals surface area contributed by atoms with Crippen LogP contribution >= 0.6 is 0 Å². The average molecular weight is 401 g/mol. The first kappa shape index (κ1) is 20.2. The van der Waals surface area contributed by atoms with Crippen molar-refractivity contribution in [3.63, 3.8) is 0 Å². The van der Waals surface area contributed by atoms with Gasteiger partial charge < -0.3 is 25.0 Å². The van der Waals surface area contributed by atoms with Gasteiger partial charge in [0.1, 0.15) is 18.1 Å². The van der Waals surface area contributed by atoms with Crippen LogP contribution in [0, 0.1) is 0 Å². The van der Waals surface area contributed by atoms with Crippen molar-refractivity contribution >= 4 is 17.7 Å². The summed E-state index contributed by atoms with van der Waals surface area (Å²) in [4.78, 5) is 38.8. The lowest BCUT2D eigenvalue weighted by molar-refractivity contribution is -0.121. The maximum absolute atomic E-state index is 12.6. The van der Waals surface area contributed by atoms with Crippen LogP contribution in [0.2, 0.25) is 0 Å². The van der Waals surface area contributed by atoms with Gasteiger partial charge in [-0.15, -0.1) is 0 Å². The zero-order chi connectivity index (χ0) is 20.6. The number of nitrogens with zero attached hydrogens (tertiary/aromatic N) is 2. The first-order valence-corrected chi connectivity index (χ1v) is 9.22. The molecule has 3 amide bonds. The molecule has 0 unspecified atom stereocenters. The van der Waals surface area contributed by atoms with Crippen LogP contribution in [0.25, 0.3) is 0 Å². The Kier molecular flexibility index (Phi) is 6.67. The Bertz CT molecular complexity index is 868. The summed E-state index contributed by atoms with van der Waals surface area (Å²) in [6, 6.07) is 4.94. The van der Waals surface area contributed by atoms with E-state index in [0.717, 1.165) is 0 Å². The van der Waals surface area contributed by atoms with E-state index in [4.69, 9.17) is 9.47 Å². The molecule has 3 rings (SSSR count). The number of H-pyrrole nitrogens is 1. The summed E-state index contributed by atoms with van der Waals surface area (Å²) in [5.41, 5.74) is 0.745. The topological polar surface area (TPSA) is 126 Å². The molecule has 0 spiro atoms. The molecule has 2 aromatic rings. The number of methoxy groups -OCH3 is 1. The second-order valence-corrected chi connectivity index (χ2v) is 6.38. The molecule has 3 N–H and O–H groups in total. The van der Waals surface area contributed by atoms with Crippen LogP contribution in [0.15, 0.2) is 30.6 Å². The van der Waals surface area contributed by atoms with Gasteiger partial charge in [0.05, 0.1) is 37.5 Å². The van der Waals surface area contributed by atoms with Gasteiger partial charge in [-0.25, -0.2) is 0 Å². The van der Waals surface area contributed by atoms with E-state index in [1.807, 2.05) is 0 Å². The van der Waals surface area contributed by atoms with Crippen molar-refractivity contribution in [3.8, 4) is 11.5 Å². The molecule has 0 saturated carbocycles. The standard InChI is InChI=1S/C19H23N5O5/c1-28-14-3-4-15-16(9-14)29-8-6-20-17(25)12-24(7-2-5-21-18(15)26)19(27)13-10-22-23-11-13/h3-4,9-11H,2,5-8,12H2,1H3,(H,20,25)(H,21,26)(H,22,23). The minimum absolute atomic E-state index is 0.0949. The molecule has 154 valence electrons. The van der Waals surface area contributed by atoms with Crippen molar-refractivity contribution in [2.75, 3.05) is 39.9 Å². The molecule has 0 bridgehead atoms. The Morgan fingerprint density at radius 2 is 2.10 bits per heavy atom. The van der Waals surface area contributed by atoms with Crippen LogP contribution in [-0.2, 0) is 4.79 Å². The predicted octanol–water partition coefficient (Wildman–Crippen LogP) is 0.189. The monoisotopic (exact) mass is 401 g/mol. The number of aromatic nitrogens is 2. The molecule has 1 aromatic heterocycles. The third-order valence-electron chi connectivity index (χ3n) is 4.37. The maximum Gasteiger partial charge on any atom is 0.257 e. The van der Waals surface area contributed by atoms with Gasteiger partial charge in [0.15, 0.2) is 0 Å². The van der Waals surface area contributed by atoms with Gasteiger partial charge in [-0.3, -0.25) is 19.5 Å². The smallest absolute Gasteiger partial charge is 0.257 e. The average Bonchev–Trinajstić information content (AvgIpc) is 3.27. The fourth-order valence-corrected chi connectivity index (χ4v) is 2.89. The second kappa shape index (κ2) is 9.58. The number of rotatable bonds is 2. The fourth-order valence-electron chi connectivity index (χ4n) is 2.89. The van der Waals surface area contributed by atoms with E-state index in [9.17, 15) is 14.4 Å². The van der Waals surface area contributed by atoms with E-state index in [-0.39, 0.29) is 37.4 Å². The molecule has 1 aliphatic rings. The predicted molar refractivity (Wildman–Crippen MR) is 103 cm³/mol. The minimum atomic E-state index is -0.305. The van der Waals surface area contributed by atoms with Gasteiger partial charge in [0, 0.05) is 25.4 Å². The van der Waals surface area contributed by atoms with Crippen molar-refractivity contribution in [1.29, 1.82) is 0 Å². The van der Waals surface area contributed by atoms with Gasteiger partial charge in [0.25, 0.3) is 11.8 Å². The Morgan fingerprint density at radius 1 is 1.24 bits per heavy atom. The molecule has 10 heteroatoms. The molecule has 0 radical (unpaired) electrons. The van der Waals surface area contributed by atoms with E-state index in [0.29, 0.717) is 42.1 Å². The summed E-state index contributed by atoms with van der Waals surface area (Å²) in [7, 11) is 1.53. The highest BCUT2D eigenvalue weighted by Crippen LogP contribution is 2.25. The number of carbonyl (C=O) groups is 3. The number of benzene rings is 1. The zero-order valence-electron chi connectivity index (χ0n) is 16.1. The summed E-state index contributed by atoms with van der Waals surface area (Å²) in [6.45, 7) is 0.937. The Morgan fingerprint density at radius 3 is 2.86 bits per heavy atom. The Hall–Kier alpha value is -3.56. The maximum atomic E-state index is 12.6. The number of aromatic amines is 1. The number of ether oxygens (including phenoxy) is 2. The van der Waals surface area contributed by atoms with Gasteiger partial charge in [-0.2, -0.15) is 5.10 Å². The number of carbonyl (C=O) groups excluding carboxylic acids is 3. The molecule has 10 nitrogen and oxygen atoms in total. The SMILES string of the molecule is COc1ccc2c(c1)OCCNC(=O)CN(C(=O)c1cn[nH]c1)CCCNC2=O. The summed E-state index contributed by atoms with van der Waals surface area (Å²) in [6.07, 6.45) is 3.37. The molecule has 2 heterocycles. The second-order valence-electron chi connectivity index (χ2n) is 6.38. The van der Waals surface area contributed by atoms with Crippen molar-refractivity contribution in [2.45, 2.75) is 6.42 Å². The highest BCUT2D eigenvalue weighted by Gasteiger charge is 2.20. The number of hydrogen-bond donors (Lipinski definition) is 3. The first-order valence-electron chi connectivity index (χ1n) is 9.22. The first-order chi connectivity index (χ1) is 14.1. The molecule has 0 saturated heterocycles. The number of hydrogen-bond acceptors (Lipinski definition) is 6. The number of amides is 3. The molecule has 0 aliphatic carbocycles. The minimum Gasteiger partial charge on any atom is -0.497 e. The third kappa shape index (κ3) is 5.24. The van der Waals surface area contributed by atoms with Crippen molar-refractivity contribution in [1.82, 2.24) is 25.7 Å². The highest BCUT2D eigenvalue weighted by molar-refractivity contribution is 5.97. The molecule has 1 aromatic carbocycles. The lowest BCUT2D eigenvalue weighted by Gasteiger charge is -2.22. The quantitative estimate of drug-likeness (QED) is 0.660. The molecular formula is C19H23N5O5. The lowest BCUT2D eigenvalue weighted by atomic mass is 10.1. The van der Waals surface area contributed by atoms with Crippen molar-refractivity contribution in [3.05, 3.63) is 41.7 Å². The molecule has 29 heavy (non-hydrogen) atoms. The highest BCUT2D eigenvalue weighted by atomic mass is 16.5. The lowest BCUT2D eigenvalue weighted by Crippen LogP contribution is -2.43. The van der Waals surface area contributed by atoms with Crippen molar-refractivity contribution < 1.29 is 23.9 Å². The van der Waals surface area contributed by atoms with E-state index >= 15 is 0 Å². The van der Waals surface area contributed by atoms with Gasteiger partial charge in [-0.1, -0.05) is 0 Å². The van der Waals surface area contributed by atoms with Crippen LogP contribution in [0.4, 0.5) is 0 Å². The van der Waals surface area contributed by atoms with Crippen LogP contribution < -0.4 is 20.1 Å². The summed E-state index contributed by atoms with van der Waals surface area (Å²) < 4.78 is 10.9. The van der Waals surface area contributed by atoms with Crippen LogP contribution in [0.3, 0.4) is 0 Å². The van der Waals surface area contributed by atoms with Crippen LogP contribution in [0.5, 0.6) is 11.5 Å². The summed E-state index contributed by atoms with van der Waals surface area (Å²) in [5, 5.41) is 11.9. The Balaban J connectivity index is 1.73. The van der Waals surface area contributed by atoms with E-state index in [1.54, 1.807) is 18.2 Å². The Labute approximate surface area is 167 Å². The largest absolute Gasteiger partial charge is 0.497 e. The summed E-state index contributed by atoms with van der Waals surface area (Å²) >= 11 is 0. The molecule has 0 atom stereocenters. The summed E-state index contributed by atoms with van der Waals surface area (Å²) in [5.74, 6) is 0.0647. The third-order valence-corrected chi connectivity index (χ3v) is 4.37. The van der Waals surface area contributed by atoms with E-state index < -0.39 is 0 Å². The fraction of sp³-hybridized carbons (Fsp3) is 0.368. The molecule has 1 aliphatic heterocycles. The normalized spacial score (nSPS) is 16.0. The zero-order valence-corrected chi connectivity index (χ0v) is 16.1. The van der Waals surface area contributed by atoms with Crippen LogP contribution in [0.1, 0.15) is 27.1 Å². The van der Waals surface area contributed by atoms with Gasteiger partial charge in [0.2, 0.25) is 5.91 Å². The molecule has 0 fully saturated rings. The van der Waals surface area contributed by atoms with Crippen LogP contribution in [-0.4, -0.2) is 72.7 Å². The van der Waals surface area contributed by atoms with E-state index in [1.165, 1.54) is 24.4 Å². The van der Waals surface area contributed by atoms with E-state index in [2.05, 4.69) is 20.8 Å². The van der Waals surface area contributed by atoms with Gasteiger partial charge in [-0.05, 0) is 18.6 Å².